The molecule has 1 unspecified atom stereocenters. The predicted octanol–water partition coefficient (Wildman–Crippen LogP) is 2.96. The van der Waals surface area contributed by atoms with Gasteiger partial charge < -0.3 is 25.2 Å². The van der Waals surface area contributed by atoms with Crippen molar-refractivity contribution >= 4 is 35.0 Å². The first-order chi connectivity index (χ1) is 18.0. The van der Waals surface area contributed by atoms with E-state index in [1.807, 2.05) is 4.90 Å². The second-order valence-corrected chi connectivity index (χ2v) is 9.61. The molecule has 2 N–H and O–H groups in total. The van der Waals surface area contributed by atoms with Gasteiger partial charge >= 0.3 is 6.03 Å². The molecule has 2 aliphatic rings. The number of anilines is 2. The number of carbonyl (C=O) groups is 2. The normalized spacial score (nSPS) is 17.4. The number of hydrogen-bond acceptors (Lipinski definition) is 7. The SMILES string of the molecule is COc1ccc(NC(=O)N2CCN(c3cc(Cl)nc(-n4ccnc4)n3)C(CC(=O)NCC3CC3)C2)cc1. The number of ether oxygens (including phenoxy) is 1. The number of halogens is 1. The van der Waals surface area contributed by atoms with Crippen LogP contribution in [-0.4, -0.2) is 75.7 Å². The Bertz CT molecular complexity index is 1230. The quantitative estimate of drug-likeness (QED) is 0.435. The number of aromatic nitrogens is 4. The van der Waals surface area contributed by atoms with Gasteiger partial charge in [-0.15, -0.1) is 0 Å². The Kier molecular flexibility index (Phi) is 7.40. The number of benzene rings is 1. The Morgan fingerprint density at radius 3 is 2.68 bits per heavy atom. The number of methoxy groups -OCH3 is 1. The highest BCUT2D eigenvalue weighted by molar-refractivity contribution is 6.29. The third-order valence-electron chi connectivity index (χ3n) is 6.52. The Labute approximate surface area is 219 Å². The van der Waals surface area contributed by atoms with Crippen molar-refractivity contribution in [3.63, 3.8) is 0 Å². The van der Waals surface area contributed by atoms with Gasteiger partial charge in [-0.3, -0.25) is 9.36 Å². The van der Waals surface area contributed by atoms with E-state index < -0.39 is 0 Å². The topological polar surface area (TPSA) is 118 Å². The Morgan fingerprint density at radius 1 is 1.16 bits per heavy atom. The smallest absolute Gasteiger partial charge is 0.321 e. The summed E-state index contributed by atoms with van der Waals surface area (Å²) in [6.45, 7) is 1.97. The zero-order chi connectivity index (χ0) is 25.8. The van der Waals surface area contributed by atoms with Gasteiger partial charge in [0, 0.05) is 56.7 Å². The van der Waals surface area contributed by atoms with Crippen LogP contribution in [0.2, 0.25) is 5.15 Å². The van der Waals surface area contributed by atoms with Crippen molar-refractivity contribution in [2.75, 3.05) is 43.5 Å². The van der Waals surface area contributed by atoms with Gasteiger partial charge in [0.05, 0.1) is 13.2 Å². The summed E-state index contributed by atoms with van der Waals surface area (Å²) in [5.74, 6) is 2.23. The van der Waals surface area contributed by atoms with Crippen LogP contribution in [0.1, 0.15) is 19.3 Å². The number of nitrogens with zero attached hydrogens (tertiary/aromatic N) is 6. The number of hydrogen-bond donors (Lipinski definition) is 2. The molecule has 1 atom stereocenters. The van der Waals surface area contributed by atoms with Crippen LogP contribution >= 0.6 is 11.6 Å². The Hall–Kier alpha value is -3.86. The van der Waals surface area contributed by atoms with E-state index in [0.717, 1.165) is 12.8 Å². The maximum atomic E-state index is 13.1. The molecule has 1 aromatic carbocycles. The van der Waals surface area contributed by atoms with Gasteiger partial charge in [-0.1, -0.05) is 11.6 Å². The number of amides is 3. The summed E-state index contributed by atoms with van der Waals surface area (Å²) < 4.78 is 6.85. The maximum Gasteiger partial charge on any atom is 0.321 e. The third-order valence-corrected chi connectivity index (χ3v) is 6.71. The molecule has 37 heavy (non-hydrogen) atoms. The minimum Gasteiger partial charge on any atom is -0.497 e. The summed E-state index contributed by atoms with van der Waals surface area (Å²) in [5.41, 5.74) is 0.666. The average molecular weight is 525 g/mol. The summed E-state index contributed by atoms with van der Waals surface area (Å²) in [4.78, 5) is 42.7. The van der Waals surface area contributed by atoms with E-state index in [1.165, 1.54) is 0 Å². The minimum absolute atomic E-state index is 0.0469. The lowest BCUT2D eigenvalue weighted by molar-refractivity contribution is -0.121. The molecule has 3 amide bonds. The summed E-state index contributed by atoms with van der Waals surface area (Å²) in [7, 11) is 1.59. The first kappa shape index (κ1) is 24.8. The van der Waals surface area contributed by atoms with Crippen molar-refractivity contribution in [3.8, 4) is 11.7 Å². The Morgan fingerprint density at radius 2 is 1.97 bits per heavy atom. The van der Waals surface area contributed by atoms with Crippen LogP contribution in [0.4, 0.5) is 16.3 Å². The largest absolute Gasteiger partial charge is 0.497 e. The zero-order valence-corrected chi connectivity index (χ0v) is 21.3. The molecule has 1 saturated carbocycles. The van der Waals surface area contributed by atoms with Gasteiger partial charge in [0.25, 0.3) is 0 Å². The van der Waals surface area contributed by atoms with Crippen molar-refractivity contribution in [1.82, 2.24) is 29.7 Å². The van der Waals surface area contributed by atoms with Crippen LogP contribution in [-0.2, 0) is 4.79 Å². The van der Waals surface area contributed by atoms with Gasteiger partial charge in [-0.05, 0) is 43.0 Å². The van der Waals surface area contributed by atoms with Crippen molar-refractivity contribution in [3.05, 3.63) is 54.2 Å². The number of piperazine rings is 1. The van der Waals surface area contributed by atoms with E-state index in [4.69, 9.17) is 16.3 Å². The first-order valence-electron chi connectivity index (χ1n) is 12.2. The summed E-state index contributed by atoms with van der Waals surface area (Å²) in [6, 6.07) is 8.31. The van der Waals surface area contributed by atoms with Crippen molar-refractivity contribution in [2.45, 2.75) is 25.3 Å². The van der Waals surface area contributed by atoms with Gasteiger partial charge in [0.2, 0.25) is 11.9 Å². The van der Waals surface area contributed by atoms with Gasteiger partial charge in [-0.2, -0.15) is 4.98 Å². The van der Waals surface area contributed by atoms with Crippen LogP contribution in [0.15, 0.2) is 49.1 Å². The van der Waals surface area contributed by atoms with Gasteiger partial charge in [0.1, 0.15) is 23.0 Å². The highest BCUT2D eigenvalue weighted by Gasteiger charge is 2.33. The number of urea groups is 1. The monoisotopic (exact) mass is 524 g/mol. The zero-order valence-electron chi connectivity index (χ0n) is 20.5. The lowest BCUT2D eigenvalue weighted by Gasteiger charge is -2.42. The summed E-state index contributed by atoms with van der Waals surface area (Å²) >= 11 is 6.35. The molecular formula is C25H29ClN8O3. The predicted molar refractivity (Wildman–Crippen MR) is 139 cm³/mol. The molecule has 1 aliphatic heterocycles. The second kappa shape index (κ2) is 11.0. The molecule has 1 saturated heterocycles. The molecule has 12 heteroatoms. The third kappa shape index (κ3) is 6.29. The molecule has 1 aliphatic carbocycles. The number of nitrogens with one attached hydrogen (secondary N) is 2. The van der Waals surface area contributed by atoms with Crippen molar-refractivity contribution in [1.29, 1.82) is 0 Å². The van der Waals surface area contributed by atoms with Gasteiger partial charge in [0.15, 0.2) is 0 Å². The molecule has 2 fully saturated rings. The van der Waals surface area contributed by atoms with Crippen LogP contribution in [0.5, 0.6) is 5.75 Å². The maximum absolute atomic E-state index is 13.1. The van der Waals surface area contributed by atoms with Crippen LogP contribution < -0.4 is 20.3 Å². The molecule has 3 heterocycles. The van der Waals surface area contributed by atoms with E-state index in [-0.39, 0.29) is 29.6 Å². The summed E-state index contributed by atoms with van der Waals surface area (Å²) in [5, 5.41) is 6.25. The molecule has 2 aromatic heterocycles. The van der Waals surface area contributed by atoms with Crippen LogP contribution in [0.25, 0.3) is 5.95 Å². The molecule has 5 rings (SSSR count). The molecule has 194 valence electrons. The molecular weight excluding hydrogens is 496 g/mol. The molecule has 11 nitrogen and oxygen atoms in total. The highest BCUT2D eigenvalue weighted by atomic mass is 35.5. The van der Waals surface area contributed by atoms with Crippen LogP contribution in [0, 0.1) is 5.92 Å². The lowest BCUT2D eigenvalue weighted by atomic mass is 10.1. The van der Waals surface area contributed by atoms with E-state index >= 15 is 0 Å². The fourth-order valence-electron chi connectivity index (χ4n) is 4.29. The molecule has 0 radical (unpaired) electrons. The lowest BCUT2D eigenvalue weighted by Crippen LogP contribution is -2.57. The number of carbonyl (C=O) groups excluding carboxylic acids is 2. The standard InChI is InChI=1S/C25H29ClN8O3/c1-37-20-6-4-18(5-7-20)29-25(36)32-10-11-34(19(15-32)12-23(35)28-14-17-2-3-17)22-13-21(26)30-24(31-22)33-9-8-27-16-33/h4-9,13,16-17,19H,2-3,10-12,14-15H2,1H3,(H,28,35)(H,29,36). The molecule has 3 aromatic rings. The van der Waals surface area contributed by atoms with E-state index in [9.17, 15) is 9.59 Å². The van der Waals surface area contributed by atoms with Crippen LogP contribution in [0.3, 0.4) is 0 Å². The molecule has 0 bridgehead atoms. The fraction of sp³-hybridized carbons (Fsp3) is 0.400. The minimum atomic E-state index is -0.295. The van der Waals surface area contributed by atoms with E-state index in [2.05, 4.69) is 25.6 Å². The van der Waals surface area contributed by atoms with Crippen molar-refractivity contribution < 1.29 is 14.3 Å². The highest BCUT2D eigenvalue weighted by Crippen LogP contribution is 2.28. The van der Waals surface area contributed by atoms with Gasteiger partial charge in [-0.25, -0.2) is 14.8 Å². The van der Waals surface area contributed by atoms with E-state index in [0.29, 0.717) is 55.3 Å². The first-order valence-corrected chi connectivity index (χ1v) is 12.6. The molecule has 0 spiro atoms. The number of imidazole rings is 1. The van der Waals surface area contributed by atoms with Crippen molar-refractivity contribution in [2.24, 2.45) is 5.92 Å². The number of rotatable bonds is 8. The Balaban J connectivity index is 1.33. The van der Waals surface area contributed by atoms with E-state index in [1.54, 1.807) is 65.6 Å². The second-order valence-electron chi connectivity index (χ2n) is 9.22. The fourth-order valence-corrected chi connectivity index (χ4v) is 4.47. The summed E-state index contributed by atoms with van der Waals surface area (Å²) in [6.07, 6.45) is 7.51. The average Bonchev–Trinajstić information content (AvgIpc) is 3.57.